The molecule has 3 aliphatic rings. The number of likely N-dealkylation sites (tertiary alicyclic amines) is 2. The van der Waals surface area contributed by atoms with Crippen molar-refractivity contribution in [1.82, 2.24) is 15.1 Å². The van der Waals surface area contributed by atoms with Gasteiger partial charge in [0.15, 0.2) is 5.67 Å². The molecule has 1 aliphatic carbocycles. The molecule has 3 rings (SSSR count). The Morgan fingerprint density at radius 2 is 1.74 bits per heavy atom. The fourth-order valence-corrected chi connectivity index (χ4v) is 4.70. The number of ether oxygens (including phenoxy) is 1. The zero-order chi connectivity index (χ0) is 19.3. The molecule has 0 aromatic heterocycles. The van der Waals surface area contributed by atoms with Crippen molar-refractivity contribution < 1.29 is 18.7 Å². The van der Waals surface area contributed by atoms with Gasteiger partial charge in [-0.25, -0.2) is 9.18 Å². The predicted molar refractivity (Wildman–Crippen MR) is 101 cm³/mol. The molecule has 2 saturated heterocycles. The molecule has 3 fully saturated rings. The van der Waals surface area contributed by atoms with E-state index >= 15 is 4.39 Å². The van der Waals surface area contributed by atoms with Gasteiger partial charge in [-0.3, -0.25) is 4.79 Å². The molecule has 1 N–H and O–H groups in total. The monoisotopic (exact) mass is 383 g/mol. The number of alkyl halides is 1. The van der Waals surface area contributed by atoms with Crippen LogP contribution >= 0.6 is 0 Å². The van der Waals surface area contributed by atoms with Crippen molar-refractivity contribution in [2.75, 3.05) is 32.8 Å². The lowest BCUT2D eigenvalue weighted by Gasteiger charge is -2.39. The first-order valence-electron chi connectivity index (χ1n) is 10.7. The minimum atomic E-state index is -1.72. The number of carbonyl (C=O) groups is 2. The zero-order valence-electron chi connectivity index (χ0n) is 16.6. The number of halogens is 1. The van der Waals surface area contributed by atoms with Crippen LogP contribution in [0.3, 0.4) is 0 Å². The Hall–Kier alpha value is -1.37. The average molecular weight is 384 g/mol. The van der Waals surface area contributed by atoms with Crippen LogP contribution in [0, 0.1) is 0 Å². The van der Waals surface area contributed by atoms with E-state index in [9.17, 15) is 9.59 Å². The van der Waals surface area contributed by atoms with Gasteiger partial charge in [0.2, 0.25) is 0 Å². The second-order valence-corrected chi connectivity index (χ2v) is 8.23. The van der Waals surface area contributed by atoms with Crippen LogP contribution in [0.4, 0.5) is 9.18 Å². The Morgan fingerprint density at radius 1 is 1.04 bits per heavy atom. The third kappa shape index (κ3) is 5.12. The van der Waals surface area contributed by atoms with Gasteiger partial charge in [0, 0.05) is 51.1 Å². The highest BCUT2D eigenvalue weighted by molar-refractivity contribution is 5.85. The van der Waals surface area contributed by atoms with Gasteiger partial charge in [0.05, 0.1) is 6.61 Å². The number of nitrogens with zero attached hydrogens (tertiary/aromatic N) is 2. The van der Waals surface area contributed by atoms with Crippen LogP contribution in [-0.2, 0) is 9.53 Å². The molecule has 2 aliphatic heterocycles. The minimum absolute atomic E-state index is 0.166. The second kappa shape index (κ2) is 9.22. The van der Waals surface area contributed by atoms with Gasteiger partial charge in [0.25, 0.3) is 5.91 Å². The maximum absolute atomic E-state index is 15.2. The summed E-state index contributed by atoms with van der Waals surface area (Å²) in [5, 5.41) is 2.93. The highest BCUT2D eigenvalue weighted by Gasteiger charge is 2.43. The summed E-state index contributed by atoms with van der Waals surface area (Å²) in [4.78, 5) is 28.5. The maximum Gasteiger partial charge on any atom is 0.409 e. The van der Waals surface area contributed by atoms with Crippen molar-refractivity contribution in [2.45, 2.75) is 82.5 Å². The molecule has 1 unspecified atom stereocenters. The number of carbonyl (C=O) groups excluding carboxylic acids is 2. The van der Waals surface area contributed by atoms with E-state index in [1.54, 1.807) is 4.90 Å². The molecular weight excluding hydrogens is 349 g/mol. The number of nitrogens with one attached hydrogen (secondary N) is 1. The zero-order valence-corrected chi connectivity index (χ0v) is 16.6. The topological polar surface area (TPSA) is 61.9 Å². The van der Waals surface area contributed by atoms with Gasteiger partial charge in [-0.15, -0.1) is 0 Å². The van der Waals surface area contributed by atoms with Crippen molar-refractivity contribution in [3.05, 3.63) is 0 Å². The lowest BCUT2D eigenvalue weighted by atomic mass is 9.90. The summed E-state index contributed by atoms with van der Waals surface area (Å²) < 4.78 is 20.3. The number of amides is 2. The Bertz CT molecular complexity index is 517. The lowest BCUT2D eigenvalue weighted by molar-refractivity contribution is -0.137. The number of hydrogen-bond donors (Lipinski definition) is 1. The molecule has 1 saturated carbocycles. The Balaban J connectivity index is 1.46. The summed E-state index contributed by atoms with van der Waals surface area (Å²) in [6, 6.07) is 0.519. The van der Waals surface area contributed by atoms with E-state index in [1.807, 2.05) is 6.92 Å². The molecular formula is C20H34FN3O3. The van der Waals surface area contributed by atoms with Gasteiger partial charge in [-0.2, -0.15) is 0 Å². The average Bonchev–Trinajstić information content (AvgIpc) is 3.04. The minimum Gasteiger partial charge on any atom is -0.450 e. The first kappa shape index (κ1) is 20.4. The Kier molecular flexibility index (Phi) is 6.95. The molecule has 0 spiro atoms. The quantitative estimate of drug-likeness (QED) is 0.811. The van der Waals surface area contributed by atoms with Gasteiger partial charge in [-0.05, 0) is 39.0 Å². The smallest absolute Gasteiger partial charge is 0.409 e. The van der Waals surface area contributed by atoms with Crippen molar-refractivity contribution in [1.29, 1.82) is 0 Å². The second-order valence-electron chi connectivity index (χ2n) is 8.23. The summed E-state index contributed by atoms with van der Waals surface area (Å²) >= 11 is 0. The van der Waals surface area contributed by atoms with Crippen LogP contribution in [0.1, 0.15) is 64.7 Å². The normalized spacial score (nSPS) is 27.2. The predicted octanol–water partition coefficient (Wildman–Crippen LogP) is 2.86. The maximum atomic E-state index is 15.2. The van der Waals surface area contributed by atoms with Gasteiger partial charge in [0.1, 0.15) is 0 Å². The van der Waals surface area contributed by atoms with Crippen LogP contribution in [0.15, 0.2) is 0 Å². The van der Waals surface area contributed by atoms with E-state index in [1.165, 1.54) is 0 Å². The van der Waals surface area contributed by atoms with Gasteiger partial charge in [-0.1, -0.05) is 12.8 Å². The highest BCUT2D eigenvalue weighted by Crippen LogP contribution is 2.31. The van der Waals surface area contributed by atoms with Crippen LogP contribution in [0.2, 0.25) is 0 Å². The van der Waals surface area contributed by atoms with E-state index < -0.39 is 11.6 Å². The summed E-state index contributed by atoms with van der Waals surface area (Å²) in [6.45, 7) is 4.84. The van der Waals surface area contributed by atoms with E-state index in [0.717, 1.165) is 51.5 Å². The molecule has 0 aromatic carbocycles. The first-order valence-corrected chi connectivity index (χ1v) is 10.7. The molecule has 0 aromatic rings. The van der Waals surface area contributed by atoms with Crippen molar-refractivity contribution >= 4 is 12.0 Å². The van der Waals surface area contributed by atoms with E-state index in [0.29, 0.717) is 32.3 Å². The number of piperidine rings is 1. The standard InChI is InChI=1S/C20H34FN3O3/c1-2-27-19(26)24-12-5-8-17(9-13-24)23-14-10-20(21,11-15-23)18(25)22-16-6-3-4-7-16/h16-17H,2-15H2,1H3,(H,22,25). The van der Waals surface area contributed by atoms with Crippen LogP contribution in [0.25, 0.3) is 0 Å². The first-order chi connectivity index (χ1) is 13.0. The summed E-state index contributed by atoms with van der Waals surface area (Å²) in [7, 11) is 0. The third-order valence-corrected chi connectivity index (χ3v) is 6.43. The molecule has 2 amide bonds. The van der Waals surface area contributed by atoms with Crippen LogP contribution < -0.4 is 5.32 Å². The fraction of sp³-hybridized carbons (Fsp3) is 0.900. The van der Waals surface area contributed by atoms with Crippen molar-refractivity contribution in [2.24, 2.45) is 0 Å². The molecule has 6 nitrogen and oxygen atoms in total. The molecule has 27 heavy (non-hydrogen) atoms. The lowest BCUT2D eigenvalue weighted by Crippen LogP contribution is -2.54. The molecule has 2 heterocycles. The molecule has 0 radical (unpaired) electrons. The van der Waals surface area contributed by atoms with Crippen LogP contribution in [0.5, 0.6) is 0 Å². The van der Waals surface area contributed by atoms with Gasteiger partial charge >= 0.3 is 6.09 Å². The molecule has 154 valence electrons. The van der Waals surface area contributed by atoms with Gasteiger partial charge < -0.3 is 19.9 Å². The summed E-state index contributed by atoms with van der Waals surface area (Å²) in [5.74, 6) is -0.400. The van der Waals surface area contributed by atoms with Crippen molar-refractivity contribution in [3.8, 4) is 0 Å². The Labute approximate surface area is 161 Å². The Morgan fingerprint density at radius 3 is 2.41 bits per heavy atom. The SMILES string of the molecule is CCOC(=O)N1CCCC(N2CCC(F)(C(=O)NC3CCCC3)CC2)CC1. The number of hydrogen-bond acceptors (Lipinski definition) is 4. The van der Waals surface area contributed by atoms with E-state index in [4.69, 9.17) is 4.74 Å². The van der Waals surface area contributed by atoms with E-state index in [2.05, 4.69) is 10.2 Å². The molecule has 0 bridgehead atoms. The molecule has 7 heteroatoms. The third-order valence-electron chi connectivity index (χ3n) is 6.43. The molecule has 1 atom stereocenters. The van der Waals surface area contributed by atoms with E-state index in [-0.39, 0.29) is 25.0 Å². The van der Waals surface area contributed by atoms with Crippen molar-refractivity contribution in [3.63, 3.8) is 0 Å². The summed E-state index contributed by atoms with van der Waals surface area (Å²) in [6.07, 6.45) is 7.33. The number of rotatable bonds is 4. The highest BCUT2D eigenvalue weighted by atomic mass is 19.1. The van der Waals surface area contributed by atoms with Crippen LogP contribution in [-0.4, -0.2) is 72.3 Å². The largest absolute Gasteiger partial charge is 0.450 e. The fourth-order valence-electron chi connectivity index (χ4n) is 4.70. The summed E-state index contributed by atoms with van der Waals surface area (Å²) in [5.41, 5.74) is -1.72.